The summed E-state index contributed by atoms with van der Waals surface area (Å²) in [6.45, 7) is 3.43. The molecule has 0 atom stereocenters. The number of hydrogen-bond acceptors (Lipinski definition) is 0. The van der Waals surface area contributed by atoms with Gasteiger partial charge in [-0.3, -0.25) is 0 Å². The SMILES string of the molecule is Br.CCCCCCCCCCCCCCCC[n+]1ccn(-c2ccccc2)c1. The molecule has 0 saturated carbocycles. The highest BCUT2D eigenvalue weighted by Crippen LogP contribution is 2.13. The van der Waals surface area contributed by atoms with E-state index >= 15 is 0 Å². The van der Waals surface area contributed by atoms with Gasteiger partial charge in [0, 0.05) is 0 Å². The summed E-state index contributed by atoms with van der Waals surface area (Å²) in [5, 5.41) is 0. The van der Waals surface area contributed by atoms with Gasteiger partial charge >= 0.3 is 0 Å². The summed E-state index contributed by atoms with van der Waals surface area (Å²) in [5.41, 5.74) is 1.23. The average molecular weight is 451 g/mol. The third-order valence-electron chi connectivity index (χ3n) is 5.52. The fourth-order valence-electron chi connectivity index (χ4n) is 3.77. The van der Waals surface area contributed by atoms with Crippen LogP contribution >= 0.6 is 17.0 Å². The van der Waals surface area contributed by atoms with E-state index in [1.807, 2.05) is 0 Å². The van der Waals surface area contributed by atoms with Crippen LogP contribution in [0.5, 0.6) is 0 Å². The van der Waals surface area contributed by atoms with Gasteiger partial charge in [0.2, 0.25) is 6.33 Å². The fraction of sp³-hybridized carbons (Fsp3) is 0.640. The Balaban J connectivity index is 0.00000392. The van der Waals surface area contributed by atoms with Crippen LogP contribution in [0.1, 0.15) is 96.8 Å². The molecular formula is C25H42BrN2+. The minimum absolute atomic E-state index is 0. The minimum atomic E-state index is 0. The highest BCUT2D eigenvalue weighted by Gasteiger charge is 2.05. The maximum absolute atomic E-state index is 2.31. The first kappa shape index (κ1) is 24.9. The molecule has 1 heterocycles. The van der Waals surface area contributed by atoms with Gasteiger partial charge in [-0.05, 0) is 25.0 Å². The summed E-state index contributed by atoms with van der Waals surface area (Å²) in [7, 11) is 0. The monoisotopic (exact) mass is 449 g/mol. The highest BCUT2D eigenvalue weighted by molar-refractivity contribution is 8.93. The van der Waals surface area contributed by atoms with Crippen molar-refractivity contribution in [1.82, 2.24) is 4.57 Å². The van der Waals surface area contributed by atoms with Crippen LogP contribution in [0.25, 0.3) is 5.69 Å². The van der Waals surface area contributed by atoms with Gasteiger partial charge < -0.3 is 0 Å². The van der Waals surface area contributed by atoms with E-state index < -0.39 is 0 Å². The second-order valence-electron chi connectivity index (χ2n) is 7.99. The van der Waals surface area contributed by atoms with Gasteiger partial charge in [0.05, 0.1) is 6.54 Å². The number of nitrogens with zero attached hydrogens (tertiary/aromatic N) is 2. The van der Waals surface area contributed by atoms with Gasteiger partial charge in [0.1, 0.15) is 18.1 Å². The van der Waals surface area contributed by atoms with E-state index in [2.05, 4.69) is 65.1 Å². The van der Waals surface area contributed by atoms with Crippen molar-refractivity contribution in [2.75, 3.05) is 0 Å². The molecule has 1 aromatic carbocycles. The number of para-hydroxylation sites is 1. The first-order chi connectivity index (χ1) is 13.4. The molecule has 2 aromatic rings. The number of aromatic nitrogens is 2. The highest BCUT2D eigenvalue weighted by atomic mass is 79.9. The van der Waals surface area contributed by atoms with Crippen LogP contribution < -0.4 is 4.57 Å². The van der Waals surface area contributed by atoms with Crippen molar-refractivity contribution in [3.05, 3.63) is 49.1 Å². The lowest BCUT2D eigenvalue weighted by Crippen LogP contribution is -2.30. The molecule has 2 nitrogen and oxygen atoms in total. The molecule has 158 valence electrons. The summed E-state index contributed by atoms with van der Waals surface area (Å²) in [5.74, 6) is 0. The Kier molecular flexibility index (Phi) is 15.0. The Morgan fingerprint density at radius 2 is 1.18 bits per heavy atom. The molecule has 0 saturated heterocycles. The largest absolute Gasteiger partial charge is 0.248 e. The molecule has 0 aliphatic rings. The Bertz CT molecular complexity index is 579. The standard InChI is InChI=1S/C25H41N2.BrH/c1-2-3-4-5-6-7-8-9-10-11-12-13-14-18-21-26-22-23-27(24-26)25-19-16-15-17-20-25;/h15-17,19-20,22-24H,2-14,18,21H2,1H3;1H/q+1;. The van der Waals surface area contributed by atoms with Gasteiger partial charge in [0.25, 0.3) is 0 Å². The van der Waals surface area contributed by atoms with Crippen LogP contribution in [-0.2, 0) is 6.54 Å². The maximum Gasteiger partial charge on any atom is 0.248 e. The van der Waals surface area contributed by atoms with Crippen LogP contribution in [-0.4, -0.2) is 4.57 Å². The summed E-state index contributed by atoms with van der Waals surface area (Å²) >= 11 is 0. The van der Waals surface area contributed by atoms with Gasteiger partial charge in [0.15, 0.2) is 0 Å². The number of benzene rings is 1. The summed E-state index contributed by atoms with van der Waals surface area (Å²) in [6.07, 6.45) is 26.4. The zero-order chi connectivity index (χ0) is 19.0. The molecule has 0 bridgehead atoms. The second-order valence-corrected chi connectivity index (χ2v) is 7.99. The number of halogens is 1. The second kappa shape index (κ2) is 16.8. The van der Waals surface area contributed by atoms with Crippen LogP contribution in [0.4, 0.5) is 0 Å². The summed E-state index contributed by atoms with van der Waals surface area (Å²) in [4.78, 5) is 0. The molecule has 0 N–H and O–H groups in total. The van der Waals surface area contributed by atoms with Crippen molar-refractivity contribution in [2.45, 2.75) is 103 Å². The predicted octanol–water partition coefficient (Wildman–Crippen LogP) is 7.82. The molecule has 0 amide bonds. The van der Waals surface area contributed by atoms with Crippen molar-refractivity contribution in [2.24, 2.45) is 0 Å². The maximum atomic E-state index is 2.31. The third kappa shape index (κ3) is 11.0. The number of aryl methyl sites for hydroxylation is 1. The lowest BCUT2D eigenvalue weighted by molar-refractivity contribution is -0.696. The summed E-state index contributed by atoms with van der Waals surface area (Å²) in [6, 6.07) is 10.5. The topological polar surface area (TPSA) is 8.81 Å². The summed E-state index contributed by atoms with van der Waals surface area (Å²) < 4.78 is 4.51. The van der Waals surface area contributed by atoms with Crippen molar-refractivity contribution in [3.63, 3.8) is 0 Å². The van der Waals surface area contributed by atoms with Gasteiger partial charge in [-0.2, -0.15) is 0 Å². The number of unbranched alkanes of at least 4 members (excludes halogenated alkanes) is 13. The van der Waals surface area contributed by atoms with E-state index in [1.54, 1.807) is 0 Å². The smallest absolute Gasteiger partial charge is 0.236 e. The number of hydrogen-bond donors (Lipinski definition) is 0. The molecule has 0 unspecified atom stereocenters. The van der Waals surface area contributed by atoms with Crippen molar-refractivity contribution in [1.29, 1.82) is 0 Å². The van der Waals surface area contributed by atoms with Crippen LogP contribution in [0.15, 0.2) is 49.1 Å². The zero-order valence-electron chi connectivity index (χ0n) is 18.0. The zero-order valence-corrected chi connectivity index (χ0v) is 19.7. The third-order valence-corrected chi connectivity index (χ3v) is 5.52. The molecule has 0 spiro atoms. The van der Waals surface area contributed by atoms with Gasteiger partial charge in [-0.15, -0.1) is 17.0 Å². The Labute approximate surface area is 184 Å². The molecule has 1 aromatic heterocycles. The molecule has 3 heteroatoms. The Morgan fingerprint density at radius 1 is 0.679 bits per heavy atom. The van der Waals surface area contributed by atoms with E-state index in [0.29, 0.717) is 0 Å². The van der Waals surface area contributed by atoms with Gasteiger partial charge in [-0.25, -0.2) is 9.13 Å². The van der Waals surface area contributed by atoms with Crippen LogP contribution in [0, 0.1) is 0 Å². The van der Waals surface area contributed by atoms with Crippen molar-refractivity contribution in [3.8, 4) is 5.69 Å². The Morgan fingerprint density at radius 3 is 1.71 bits per heavy atom. The van der Waals surface area contributed by atoms with E-state index in [0.717, 1.165) is 6.54 Å². The number of imidazole rings is 1. The Hall–Kier alpha value is -1.09. The van der Waals surface area contributed by atoms with E-state index in [4.69, 9.17) is 0 Å². The molecule has 0 aliphatic carbocycles. The normalized spacial score (nSPS) is 10.8. The lowest BCUT2D eigenvalue weighted by Gasteiger charge is -2.03. The van der Waals surface area contributed by atoms with Gasteiger partial charge in [-0.1, -0.05) is 102 Å². The fourth-order valence-corrected chi connectivity index (χ4v) is 3.77. The predicted molar refractivity (Wildman–Crippen MR) is 127 cm³/mol. The van der Waals surface area contributed by atoms with E-state index in [-0.39, 0.29) is 17.0 Å². The van der Waals surface area contributed by atoms with Crippen molar-refractivity contribution < 1.29 is 4.57 Å². The lowest BCUT2D eigenvalue weighted by atomic mass is 10.0. The molecular weight excluding hydrogens is 408 g/mol. The average Bonchev–Trinajstić information content (AvgIpc) is 3.18. The minimum Gasteiger partial charge on any atom is -0.236 e. The number of rotatable bonds is 16. The van der Waals surface area contributed by atoms with E-state index in [1.165, 1.54) is 95.6 Å². The molecule has 0 aliphatic heterocycles. The van der Waals surface area contributed by atoms with Crippen LogP contribution in [0.2, 0.25) is 0 Å². The molecule has 28 heavy (non-hydrogen) atoms. The molecule has 0 fully saturated rings. The first-order valence-corrected chi connectivity index (χ1v) is 11.5. The molecule has 2 rings (SSSR count). The quantitative estimate of drug-likeness (QED) is 0.182. The van der Waals surface area contributed by atoms with Crippen LogP contribution in [0.3, 0.4) is 0 Å². The van der Waals surface area contributed by atoms with Crippen molar-refractivity contribution >= 4 is 17.0 Å². The molecule has 0 radical (unpaired) electrons. The first-order valence-electron chi connectivity index (χ1n) is 11.5. The van der Waals surface area contributed by atoms with E-state index in [9.17, 15) is 0 Å².